The molecule has 0 saturated carbocycles. The highest BCUT2D eigenvalue weighted by molar-refractivity contribution is 7.89. The predicted octanol–water partition coefficient (Wildman–Crippen LogP) is 3.97. The molecule has 0 atom stereocenters. The number of rotatable bonds is 4. The molecule has 6 rings (SSSR count). The van der Waals surface area contributed by atoms with E-state index in [1.165, 1.54) is 4.31 Å². The van der Waals surface area contributed by atoms with Gasteiger partial charge in [-0.3, -0.25) is 4.79 Å². The van der Waals surface area contributed by atoms with Gasteiger partial charge in [0.1, 0.15) is 0 Å². The van der Waals surface area contributed by atoms with Gasteiger partial charge in [-0.25, -0.2) is 8.42 Å². The summed E-state index contributed by atoms with van der Waals surface area (Å²) in [6.07, 6.45) is 1.49. The third-order valence-corrected chi connectivity index (χ3v) is 9.78. The molecule has 2 aliphatic heterocycles. The van der Waals surface area contributed by atoms with E-state index >= 15 is 0 Å². The smallest absolute Gasteiger partial charge is 0.243 e. The van der Waals surface area contributed by atoms with Gasteiger partial charge in [0.05, 0.1) is 10.3 Å². The molecule has 11 heteroatoms. The van der Waals surface area contributed by atoms with Crippen LogP contribution in [-0.4, -0.2) is 68.0 Å². The van der Waals surface area contributed by atoms with Gasteiger partial charge >= 0.3 is 0 Å². The first-order valence-electron chi connectivity index (χ1n) is 12.7. The maximum Gasteiger partial charge on any atom is 0.243 e. The topological polar surface area (TPSA) is 113 Å². The summed E-state index contributed by atoms with van der Waals surface area (Å²) in [5.74, 6) is 0.424. The second-order valence-corrected chi connectivity index (χ2v) is 12.3. The third-order valence-electron chi connectivity index (χ3n) is 7.65. The van der Waals surface area contributed by atoms with Crippen LogP contribution in [0.25, 0.3) is 21.7 Å². The van der Waals surface area contributed by atoms with E-state index < -0.39 is 10.0 Å². The Morgan fingerprint density at radius 3 is 2.39 bits per heavy atom. The molecule has 1 amide bonds. The molecular formula is C27H28ClN5O4S. The van der Waals surface area contributed by atoms with Crippen molar-refractivity contribution in [3.63, 3.8) is 0 Å². The van der Waals surface area contributed by atoms with E-state index in [2.05, 4.69) is 10.1 Å². The molecule has 2 aliphatic rings. The van der Waals surface area contributed by atoms with Crippen LogP contribution in [0.4, 0.5) is 11.5 Å². The fraction of sp³-hybridized carbons (Fsp3) is 0.333. The zero-order chi connectivity index (χ0) is 26.4. The molecule has 2 saturated heterocycles. The number of aromatic nitrogens is 1. The lowest BCUT2D eigenvalue weighted by Gasteiger charge is -2.38. The van der Waals surface area contributed by atoms with Crippen LogP contribution in [-0.2, 0) is 14.8 Å². The Kier molecular flexibility index (Phi) is 6.41. The number of carbonyl (C=O) groups is 1. The molecular weight excluding hydrogens is 526 g/mol. The molecule has 3 aromatic carbocycles. The number of nitrogens with zero attached hydrogens (tertiary/aromatic N) is 4. The normalized spacial score (nSPS) is 17.9. The maximum absolute atomic E-state index is 13.3. The molecule has 0 bridgehead atoms. The Morgan fingerprint density at radius 1 is 0.921 bits per heavy atom. The molecule has 38 heavy (non-hydrogen) atoms. The summed E-state index contributed by atoms with van der Waals surface area (Å²) in [7, 11) is -3.65. The standard InChI is InChI=1S/C27H28ClN5O4S/c28-21-3-1-20-16-23(5-2-19(20)15-21)38(35,36)33-13-11-32(12-14-33)27(34)18-7-9-31(10-8-18)22-4-6-25-24(17-22)26(29)30-37-25/h1-6,15-18H,7-14H2,(H2,29,30). The number of piperidine rings is 1. The molecule has 2 N–H and O–H groups in total. The molecule has 2 fully saturated rings. The highest BCUT2D eigenvalue weighted by atomic mass is 35.5. The zero-order valence-corrected chi connectivity index (χ0v) is 22.3. The number of amides is 1. The van der Waals surface area contributed by atoms with E-state index in [1.54, 1.807) is 24.3 Å². The van der Waals surface area contributed by atoms with Gasteiger partial charge < -0.3 is 20.1 Å². The van der Waals surface area contributed by atoms with Crippen LogP contribution < -0.4 is 10.6 Å². The largest absolute Gasteiger partial charge is 0.380 e. The van der Waals surface area contributed by atoms with Crippen LogP contribution in [0.3, 0.4) is 0 Å². The molecule has 9 nitrogen and oxygen atoms in total. The van der Waals surface area contributed by atoms with Crippen LogP contribution in [0.15, 0.2) is 64.0 Å². The Morgan fingerprint density at radius 2 is 1.63 bits per heavy atom. The Balaban J connectivity index is 1.06. The number of sulfonamides is 1. The summed E-state index contributed by atoms with van der Waals surface area (Å²) in [6, 6.07) is 16.3. The highest BCUT2D eigenvalue weighted by Gasteiger charge is 2.34. The van der Waals surface area contributed by atoms with E-state index in [4.69, 9.17) is 21.9 Å². The number of nitrogens with two attached hydrogens (primary N) is 1. The number of nitrogen functional groups attached to an aromatic ring is 1. The van der Waals surface area contributed by atoms with Gasteiger partial charge in [0.15, 0.2) is 11.4 Å². The van der Waals surface area contributed by atoms with Crippen LogP contribution in [0.1, 0.15) is 12.8 Å². The fourth-order valence-electron chi connectivity index (χ4n) is 5.44. The average molecular weight is 554 g/mol. The number of hydrogen-bond donors (Lipinski definition) is 1. The van der Waals surface area contributed by atoms with Crippen molar-refractivity contribution in [1.82, 2.24) is 14.4 Å². The summed E-state index contributed by atoms with van der Waals surface area (Å²) in [6.45, 7) is 2.87. The summed E-state index contributed by atoms with van der Waals surface area (Å²) < 4.78 is 33.3. The van der Waals surface area contributed by atoms with Crippen molar-refractivity contribution in [3.8, 4) is 0 Å². The van der Waals surface area contributed by atoms with Crippen LogP contribution in [0.2, 0.25) is 5.02 Å². The second kappa shape index (κ2) is 9.76. The van der Waals surface area contributed by atoms with Gasteiger partial charge in [-0.15, -0.1) is 0 Å². The maximum atomic E-state index is 13.3. The van der Waals surface area contributed by atoms with Gasteiger partial charge in [-0.05, 0) is 66.1 Å². The number of piperazine rings is 1. The van der Waals surface area contributed by atoms with Crippen molar-refractivity contribution in [1.29, 1.82) is 0 Å². The number of carbonyl (C=O) groups excluding carboxylic acids is 1. The minimum atomic E-state index is -3.65. The van der Waals surface area contributed by atoms with Gasteiger partial charge in [0, 0.05) is 55.9 Å². The fourth-order valence-corrected chi connectivity index (χ4v) is 7.08. The quantitative estimate of drug-likeness (QED) is 0.407. The lowest BCUT2D eigenvalue weighted by molar-refractivity contribution is -0.137. The number of halogens is 1. The zero-order valence-electron chi connectivity index (χ0n) is 20.7. The Hall–Kier alpha value is -3.34. The molecule has 0 spiro atoms. The highest BCUT2D eigenvalue weighted by Crippen LogP contribution is 2.30. The Bertz CT molecular complexity index is 1620. The van der Waals surface area contributed by atoms with E-state index in [9.17, 15) is 13.2 Å². The third kappa shape index (κ3) is 4.57. The Labute approximate surface area is 225 Å². The predicted molar refractivity (Wildman–Crippen MR) is 148 cm³/mol. The number of fused-ring (bicyclic) bond motifs is 2. The first-order chi connectivity index (χ1) is 18.3. The van der Waals surface area contributed by atoms with Crippen molar-refractivity contribution in [2.24, 2.45) is 5.92 Å². The van der Waals surface area contributed by atoms with Crippen molar-refractivity contribution in [2.45, 2.75) is 17.7 Å². The first kappa shape index (κ1) is 25.0. The van der Waals surface area contributed by atoms with Crippen molar-refractivity contribution in [3.05, 3.63) is 59.6 Å². The van der Waals surface area contributed by atoms with Gasteiger partial charge in [0.25, 0.3) is 0 Å². The number of benzene rings is 3. The summed E-state index contributed by atoms with van der Waals surface area (Å²) in [5, 5.41) is 6.92. The SMILES string of the molecule is Nc1noc2ccc(N3CCC(C(=O)N4CCN(S(=O)(=O)c5ccc6cc(Cl)ccc6c5)CC4)CC3)cc12. The summed E-state index contributed by atoms with van der Waals surface area (Å²) in [5.41, 5.74) is 7.59. The van der Waals surface area contributed by atoms with Crippen LogP contribution in [0.5, 0.6) is 0 Å². The first-order valence-corrected chi connectivity index (χ1v) is 14.5. The molecule has 4 aromatic rings. The number of anilines is 2. The van der Waals surface area contributed by atoms with E-state index in [0.29, 0.717) is 29.5 Å². The van der Waals surface area contributed by atoms with Crippen molar-refractivity contribution < 1.29 is 17.7 Å². The van der Waals surface area contributed by atoms with Crippen LogP contribution in [0, 0.1) is 5.92 Å². The summed E-state index contributed by atoms with van der Waals surface area (Å²) in [4.78, 5) is 17.6. The van der Waals surface area contributed by atoms with Gasteiger partial charge in [-0.1, -0.05) is 28.9 Å². The van der Waals surface area contributed by atoms with Gasteiger partial charge in [0.2, 0.25) is 15.9 Å². The van der Waals surface area contributed by atoms with E-state index in [0.717, 1.165) is 47.8 Å². The second-order valence-electron chi connectivity index (χ2n) is 9.89. The minimum absolute atomic E-state index is 0.0638. The van der Waals surface area contributed by atoms with Gasteiger partial charge in [-0.2, -0.15) is 4.31 Å². The summed E-state index contributed by atoms with van der Waals surface area (Å²) >= 11 is 6.05. The molecule has 0 radical (unpaired) electrons. The minimum Gasteiger partial charge on any atom is -0.380 e. The molecule has 198 valence electrons. The average Bonchev–Trinajstić information content (AvgIpc) is 3.32. The molecule has 0 aliphatic carbocycles. The van der Waals surface area contributed by atoms with E-state index in [-0.39, 0.29) is 29.8 Å². The number of hydrogen-bond acceptors (Lipinski definition) is 7. The van der Waals surface area contributed by atoms with Crippen molar-refractivity contribution >= 4 is 60.8 Å². The monoisotopic (exact) mass is 553 g/mol. The lowest BCUT2D eigenvalue weighted by atomic mass is 9.94. The van der Waals surface area contributed by atoms with Crippen LogP contribution >= 0.6 is 11.6 Å². The lowest BCUT2D eigenvalue weighted by Crippen LogP contribution is -2.52. The van der Waals surface area contributed by atoms with Crippen molar-refractivity contribution in [2.75, 3.05) is 49.9 Å². The molecule has 3 heterocycles. The molecule has 0 unspecified atom stereocenters. The molecule has 1 aromatic heterocycles. The van der Waals surface area contributed by atoms with E-state index in [1.807, 2.05) is 35.2 Å².